The second-order valence-electron chi connectivity index (χ2n) is 4.99. The van der Waals surface area contributed by atoms with E-state index < -0.39 is 19.7 Å². The van der Waals surface area contributed by atoms with E-state index in [1.54, 1.807) is 24.3 Å². The lowest BCUT2D eigenvalue weighted by Gasteiger charge is -2.01. The Hall–Kier alpha value is -1.92. The monoisotopic (exact) mass is 336 g/mol. The quantitative estimate of drug-likeness (QED) is 0.860. The average molecular weight is 336 g/mol. The van der Waals surface area contributed by atoms with Gasteiger partial charge in [-0.15, -0.1) is 0 Å². The molecule has 0 N–H and O–H groups in total. The lowest BCUT2D eigenvalue weighted by molar-refractivity contribution is 0.600. The molecule has 0 unspecified atom stereocenters. The number of rotatable bonds is 4. The maximum absolute atomic E-state index is 12.1. The third-order valence-corrected chi connectivity index (χ3v) is 6.13. The maximum Gasteiger partial charge on any atom is 0.200 e. The van der Waals surface area contributed by atoms with Gasteiger partial charge >= 0.3 is 0 Å². The first kappa shape index (κ1) is 16.5. The Kier molecular flexibility index (Phi) is 4.53. The van der Waals surface area contributed by atoms with E-state index in [4.69, 9.17) is 0 Å². The minimum Gasteiger partial charge on any atom is -0.219 e. The highest BCUT2D eigenvalue weighted by atomic mass is 32.2. The van der Waals surface area contributed by atoms with E-state index in [1.807, 2.05) is 13.8 Å². The Balaban J connectivity index is 2.34. The number of hydrogen-bond acceptors (Lipinski definition) is 4. The fourth-order valence-corrected chi connectivity index (χ4v) is 4.27. The maximum atomic E-state index is 12.1. The highest BCUT2D eigenvalue weighted by Gasteiger charge is 2.14. The largest absolute Gasteiger partial charge is 0.219 e. The van der Waals surface area contributed by atoms with Gasteiger partial charge in [-0.2, -0.15) is 0 Å². The lowest BCUT2D eigenvalue weighted by Crippen LogP contribution is -2.00. The first-order valence-corrected chi connectivity index (χ1v) is 9.62. The first-order chi connectivity index (χ1) is 10.2. The molecule has 2 rings (SSSR count). The van der Waals surface area contributed by atoms with Crippen molar-refractivity contribution in [1.29, 1.82) is 0 Å². The van der Waals surface area contributed by atoms with Gasteiger partial charge < -0.3 is 0 Å². The van der Waals surface area contributed by atoms with Crippen LogP contribution >= 0.6 is 0 Å². The zero-order valence-corrected chi connectivity index (χ0v) is 13.9. The topological polar surface area (TPSA) is 68.3 Å². The van der Waals surface area contributed by atoms with Crippen molar-refractivity contribution in [2.45, 2.75) is 23.6 Å². The molecule has 116 valence electrons. The molecule has 4 nitrogen and oxygen atoms in total. The highest BCUT2D eigenvalue weighted by molar-refractivity contribution is 7.97. The third kappa shape index (κ3) is 3.84. The van der Waals surface area contributed by atoms with Gasteiger partial charge in [0.25, 0.3) is 0 Å². The molecule has 0 saturated carbocycles. The second-order valence-corrected chi connectivity index (χ2v) is 8.66. The number of hydrogen-bond donors (Lipinski definition) is 0. The highest BCUT2D eigenvalue weighted by Crippen LogP contribution is 2.17. The standard InChI is InChI=1S/C16H16O4S2/c1-13-3-7-15(8-4-13)21(17,18)11-12-22(19,20)16-9-5-14(2)6-10-16/h3-12H,1-2H3/b12-11+. The van der Waals surface area contributed by atoms with Crippen LogP contribution in [0.3, 0.4) is 0 Å². The van der Waals surface area contributed by atoms with Crippen LogP contribution in [-0.4, -0.2) is 16.8 Å². The summed E-state index contributed by atoms with van der Waals surface area (Å²) in [6, 6.07) is 12.5. The van der Waals surface area contributed by atoms with E-state index in [2.05, 4.69) is 0 Å². The van der Waals surface area contributed by atoms with Crippen LogP contribution in [-0.2, 0) is 19.7 Å². The Morgan fingerprint density at radius 3 is 1.14 bits per heavy atom. The third-order valence-electron chi connectivity index (χ3n) is 3.11. The Morgan fingerprint density at radius 1 is 0.591 bits per heavy atom. The smallest absolute Gasteiger partial charge is 0.200 e. The number of sulfone groups is 2. The van der Waals surface area contributed by atoms with Gasteiger partial charge in [0.15, 0.2) is 0 Å². The lowest BCUT2D eigenvalue weighted by atomic mass is 10.2. The summed E-state index contributed by atoms with van der Waals surface area (Å²) < 4.78 is 48.5. The van der Waals surface area contributed by atoms with Crippen LogP contribution in [0.15, 0.2) is 69.1 Å². The molecule has 0 aliphatic heterocycles. The van der Waals surface area contributed by atoms with Gasteiger partial charge in [-0.05, 0) is 38.1 Å². The van der Waals surface area contributed by atoms with E-state index in [9.17, 15) is 16.8 Å². The van der Waals surface area contributed by atoms with Crippen LogP contribution in [0.25, 0.3) is 0 Å². The van der Waals surface area contributed by atoms with Gasteiger partial charge in [0, 0.05) is 10.8 Å². The summed E-state index contributed by atoms with van der Waals surface area (Å²) in [6.07, 6.45) is 0. The Morgan fingerprint density at radius 2 is 0.864 bits per heavy atom. The zero-order valence-electron chi connectivity index (χ0n) is 12.2. The van der Waals surface area contributed by atoms with Gasteiger partial charge in [-0.1, -0.05) is 35.4 Å². The van der Waals surface area contributed by atoms with Crippen molar-refractivity contribution in [2.75, 3.05) is 0 Å². The summed E-state index contributed by atoms with van der Waals surface area (Å²) in [6.45, 7) is 3.68. The Labute approximate surface area is 131 Å². The molecule has 2 aromatic carbocycles. The second kappa shape index (κ2) is 6.06. The van der Waals surface area contributed by atoms with Gasteiger partial charge in [-0.3, -0.25) is 0 Å². The van der Waals surface area contributed by atoms with Crippen molar-refractivity contribution in [3.8, 4) is 0 Å². The van der Waals surface area contributed by atoms with Crippen molar-refractivity contribution < 1.29 is 16.8 Å². The molecule has 0 heterocycles. The van der Waals surface area contributed by atoms with Gasteiger partial charge in [0.1, 0.15) is 0 Å². The van der Waals surface area contributed by atoms with Crippen LogP contribution < -0.4 is 0 Å². The van der Waals surface area contributed by atoms with E-state index in [0.717, 1.165) is 21.9 Å². The summed E-state index contributed by atoms with van der Waals surface area (Å²) in [4.78, 5) is 0.127. The first-order valence-electron chi connectivity index (χ1n) is 6.52. The predicted molar refractivity (Wildman–Crippen MR) is 85.9 cm³/mol. The van der Waals surface area contributed by atoms with Gasteiger partial charge in [0.05, 0.1) is 9.79 Å². The molecule has 0 aromatic heterocycles. The van der Waals surface area contributed by atoms with Gasteiger partial charge in [0.2, 0.25) is 19.7 Å². The molecule has 0 saturated heterocycles. The van der Waals surface area contributed by atoms with Crippen molar-refractivity contribution in [3.63, 3.8) is 0 Å². The summed E-state index contributed by atoms with van der Waals surface area (Å²) in [7, 11) is -7.57. The molecule has 0 atom stereocenters. The summed E-state index contributed by atoms with van der Waals surface area (Å²) >= 11 is 0. The molecule has 0 amide bonds. The van der Waals surface area contributed by atoms with Crippen LogP contribution in [0.4, 0.5) is 0 Å². The molecule has 6 heteroatoms. The van der Waals surface area contributed by atoms with Crippen LogP contribution in [0, 0.1) is 13.8 Å². The van der Waals surface area contributed by atoms with Crippen molar-refractivity contribution in [1.82, 2.24) is 0 Å². The molecule has 0 fully saturated rings. The van der Waals surface area contributed by atoms with Crippen molar-refractivity contribution >= 4 is 19.7 Å². The van der Waals surface area contributed by atoms with E-state index in [1.165, 1.54) is 24.3 Å². The minimum atomic E-state index is -3.79. The molecule has 2 aromatic rings. The van der Waals surface area contributed by atoms with Crippen LogP contribution in [0.2, 0.25) is 0 Å². The van der Waals surface area contributed by atoms with E-state index >= 15 is 0 Å². The van der Waals surface area contributed by atoms with Crippen LogP contribution in [0.1, 0.15) is 11.1 Å². The van der Waals surface area contributed by atoms with Crippen molar-refractivity contribution in [3.05, 3.63) is 70.5 Å². The fourth-order valence-electron chi connectivity index (χ4n) is 1.76. The molecule has 22 heavy (non-hydrogen) atoms. The van der Waals surface area contributed by atoms with E-state index in [0.29, 0.717) is 0 Å². The van der Waals surface area contributed by atoms with E-state index in [-0.39, 0.29) is 9.79 Å². The molecule has 0 aliphatic rings. The molecular weight excluding hydrogens is 320 g/mol. The molecular formula is C16H16O4S2. The fraction of sp³-hybridized carbons (Fsp3) is 0.125. The minimum absolute atomic E-state index is 0.0634. The van der Waals surface area contributed by atoms with Gasteiger partial charge in [-0.25, -0.2) is 16.8 Å². The number of benzene rings is 2. The van der Waals surface area contributed by atoms with Crippen molar-refractivity contribution in [2.24, 2.45) is 0 Å². The molecule has 0 spiro atoms. The predicted octanol–water partition coefficient (Wildman–Crippen LogP) is 3.02. The molecule has 0 aliphatic carbocycles. The zero-order chi connectivity index (χ0) is 16.4. The number of aryl methyl sites for hydroxylation is 2. The Bertz CT molecular complexity index is 812. The average Bonchev–Trinajstić information content (AvgIpc) is 2.46. The normalized spacial score (nSPS) is 12.6. The summed E-state index contributed by atoms with van der Waals surface area (Å²) in [5.74, 6) is 0. The summed E-state index contributed by atoms with van der Waals surface area (Å²) in [5.41, 5.74) is 1.85. The van der Waals surface area contributed by atoms with Crippen LogP contribution in [0.5, 0.6) is 0 Å². The molecule has 0 radical (unpaired) electrons. The molecule has 0 bridgehead atoms. The summed E-state index contributed by atoms with van der Waals surface area (Å²) in [5, 5.41) is 1.46. The SMILES string of the molecule is Cc1ccc(S(=O)(=O)/C=C/S(=O)(=O)c2ccc(C)cc2)cc1.